The largest absolute Gasteiger partial charge is 0.388 e. The van der Waals surface area contributed by atoms with Crippen molar-refractivity contribution in [1.82, 2.24) is 15.5 Å². The van der Waals surface area contributed by atoms with Crippen LogP contribution in [0.15, 0.2) is 0 Å². The van der Waals surface area contributed by atoms with E-state index in [4.69, 9.17) is 0 Å². The van der Waals surface area contributed by atoms with Gasteiger partial charge in [-0.25, -0.2) is 0 Å². The summed E-state index contributed by atoms with van der Waals surface area (Å²) in [5, 5.41) is 20.1. The van der Waals surface area contributed by atoms with E-state index in [1.807, 2.05) is 13.8 Å². The predicted molar refractivity (Wildman–Crippen MR) is 72.8 cm³/mol. The molecule has 0 spiro atoms. The zero-order valence-electron chi connectivity index (χ0n) is 11.8. The third kappa shape index (κ3) is 3.56. The molecule has 5 nitrogen and oxygen atoms in total. The number of hydrogen-bond acceptors (Lipinski definition) is 3. The second kappa shape index (κ2) is 5.74. The highest BCUT2D eigenvalue weighted by Gasteiger charge is 2.29. The summed E-state index contributed by atoms with van der Waals surface area (Å²) in [6, 6.07) is 0. The van der Waals surface area contributed by atoms with Gasteiger partial charge in [0.2, 0.25) is 5.91 Å². The number of aromatic nitrogens is 2. The van der Waals surface area contributed by atoms with Crippen molar-refractivity contribution in [2.75, 3.05) is 6.54 Å². The first kappa shape index (κ1) is 14.1. The van der Waals surface area contributed by atoms with Crippen LogP contribution in [0.2, 0.25) is 0 Å². The molecule has 1 aromatic heterocycles. The second-order valence-corrected chi connectivity index (χ2v) is 5.65. The molecule has 5 heteroatoms. The number of amides is 1. The average Bonchev–Trinajstić information content (AvgIpc) is 2.69. The Hall–Kier alpha value is -1.36. The molecule has 1 aliphatic rings. The molecular formula is C14H23N3O2. The maximum Gasteiger partial charge on any atom is 0.224 e. The van der Waals surface area contributed by atoms with E-state index in [0.29, 0.717) is 13.0 Å². The van der Waals surface area contributed by atoms with E-state index in [9.17, 15) is 9.90 Å². The van der Waals surface area contributed by atoms with Gasteiger partial charge in [0.15, 0.2) is 0 Å². The fourth-order valence-corrected chi connectivity index (χ4v) is 2.71. The molecule has 106 valence electrons. The van der Waals surface area contributed by atoms with Crippen molar-refractivity contribution in [3.05, 3.63) is 17.0 Å². The number of aliphatic hydroxyl groups is 1. The van der Waals surface area contributed by atoms with Crippen LogP contribution >= 0.6 is 0 Å². The van der Waals surface area contributed by atoms with Crippen LogP contribution in [0.1, 0.15) is 49.1 Å². The van der Waals surface area contributed by atoms with Crippen molar-refractivity contribution in [3.63, 3.8) is 0 Å². The molecule has 1 fully saturated rings. The minimum Gasteiger partial charge on any atom is -0.388 e. The first-order valence-corrected chi connectivity index (χ1v) is 7.00. The number of aromatic amines is 1. The van der Waals surface area contributed by atoms with Crippen LogP contribution in [-0.4, -0.2) is 33.4 Å². The summed E-state index contributed by atoms with van der Waals surface area (Å²) >= 11 is 0. The van der Waals surface area contributed by atoms with Crippen LogP contribution in [0.5, 0.6) is 0 Å². The topological polar surface area (TPSA) is 78.0 Å². The van der Waals surface area contributed by atoms with Crippen molar-refractivity contribution in [2.45, 2.75) is 58.0 Å². The quantitative estimate of drug-likeness (QED) is 0.769. The van der Waals surface area contributed by atoms with E-state index < -0.39 is 5.60 Å². The summed E-state index contributed by atoms with van der Waals surface area (Å²) in [5.74, 6) is -0.0494. The Labute approximate surface area is 113 Å². The summed E-state index contributed by atoms with van der Waals surface area (Å²) < 4.78 is 0. The molecule has 3 N–H and O–H groups in total. The summed E-state index contributed by atoms with van der Waals surface area (Å²) in [5.41, 5.74) is 2.05. The lowest BCUT2D eigenvalue weighted by molar-refractivity contribution is -0.122. The fourth-order valence-electron chi connectivity index (χ4n) is 2.71. The Morgan fingerprint density at radius 1 is 1.37 bits per heavy atom. The lowest BCUT2D eigenvalue weighted by Crippen LogP contribution is -2.44. The number of aryl methyl sites for hydroxylation is 2. The third-order valence-corrected chi connectivity index (χ3v) is 4.02. The van der Waals surface area contributed by atoms with Gasteiger partial charge >= 0.3 is 0 Å². The van der Waals surface area contributed by atoms with Crippen LogP contribution < -0.4 is 5.32 Å². The molecule has 0 radical (unpaired) electrons. The van der Waals surface area contributed by atoms with Crippen molar-refractivity contribution >= 4 is 5.91 Å². The average molecular weight is 265 g/mol. The van der Waals surface area contributed by atoms with E-state index in [0.717, 1.165) is 42.6 Å². The van der Waals surface area contributed by atoms with Crippen molar-refractivity contribution in [1.29, 1.82) is 0 Å². The standard InChI is InChI=1S/C14H23N3O2/c1-10-12(11(2)17-16-10)8-13(18)15-9-14(19)6-4-3-5-7-14/h19H,3-9H2,1-2H3,(H,15,18)(H,16,17). The molecule has 2 rings (SSSR count). The van der Waals surface area contributed by atoms with Gasteiger partial charge in [-0.2, -0.15) is 5.10 Å². The molecule has 1 amide bonds. The van der Waals surface area contributed by atoms with Crippen molar-refractivity contribution in [3.8, 4) is 0 Å². The van der Waals surface area contributed by atoms with Gasteiger partial charge in [-0.3, -0.25) is 9.89 Å². The van der Waals surface area contributed by atoms with E-state index in [1.165, 1.54) is 6.42 Å². The molecule has 0 atom stereocenters. The fraction of sp³-hybridized carbons (Fsp3) is 0.714. The van der Waals surface area contributed by atoms with Crippen molar-refractivity contribution in [2.24, 2.45) is 0 Å². The van der Waals surface area contributed by atoms with Gasteiger partial charge in [-0.15, -0.1) is 0 Å². The molecule has 0 aromatic carbocycles. The van der Waals surface area contributed by atoms with Crippen molar-refractivity contribution < 1.29 is 9.90 Å². The van der Waals surface area contributed by atoms with Gasteiger partial charge in [0.1, 0.15) is 0 Å². The lowest BCUT2D eigenvalue weighted by Gasteiger charge is -2.32. The molecule has 19 heavy (non-hydrogen) atoms. The summed E-state index contributed by atoms with van der Waals surface area (Å²) in [6.45, 7) is 4.17. The maximum absolute atomic E-state index is 11.9. The molecule has 0 saturated heterocycles. The first-order valence-electron chi connectivity index (χ1n) is 7.00. The lowest BCUT2D eigenvalue weighted by atomic mass is 9.85. The summed E-state index contributed by atoms with van der Waals surface area (Å²) in [4.78, 5) is 11.9. The van der Waals surface area contributed by atoms with Gasteiger partial charge in [0, 0.05) is 17.8 Å². The third-order valence-electron chi connectivity index (χ3n) is 4.02. The van der Waals surface area contributed by atoms with Crippen LogP contribution in [-0.2, 0) is 11.2 Å². The smallest absolute Gasteiger partial charge is 0.224 e. The van der Waals surface area contributed by atoms with Gasteiger partial charge in [0.05, 0.1) is 17.7 Å². The van der Waals surface area contributed by atoms with E-state index in [-0.39, 0.29) is 5.91 Å². The summed E-state index contributed by atoms with van der Waals surface area (Å²) in [7, 11) is 0. The predicted octanol–water partition coefficient (Wildman–Crippen LogP) is 1.38. The molecule has 1 saturated carbocycles. The minimum atomic E-state index is -0.700. The number of rotatable bonds is 4. The Balaban J connectivity index is 1.85. The zero-order chi connectivity index (χ0) is 13.9. The van der Waals surface area contributed by atoms with E-state index in [2.05, 4.69) is 15.5 Å². The van der Waals surface area contributed by atoms with Gasteiger partial charge < -0.3 is 10.4 Å². The molecule has 0 aliphatic heterocycles. The number of H-pyrrole nitrogens is 1. The highest BCUT2D eigenvalue weighted by Crippen LogP contribution is 2.27. The molecule has 1 aromatic rings. The Bertz CT molecular complexity index is 428. The Kier molecular flexibility index (Phi) is 4.24. The molecule has 1 heterocycles. The Morgan fingerprint density at radius 3 is 2.63 bits per heavy atom. The molecule has 1 aliphatic carbocycles. The molecule has 0 bridgehead atoms. The van der Waals surface area contributed by atoms with Gasteiger partial charge in [-0.05, 0) is 26.7 Å². The monoisotopic (exact) mass is 265 g/mol. The molecule has 0 unspecified atom stereocenters. The number of carbonyl (C=O) groups is 1. The summed E-state index contributed by atoms with van der Waals surface area (Å²) in [6.07, 6.45) is 5.18. The van der Waals surface area contributed by atoms with Crippen LogP contribution in [0.3, 0.4) is 0 Å². The highest BCUT2D eigenvalue weighted by atomic mass is 16.3. The van der Waals surface area contributed by atoms with E-state index in [1.54, 1.807) is 0 Å². The molecular weight excluding hydrogens is 242 g/mol. The normalized spacial score (nSPS) is 18.3. The highest BCUT2D eigenvalue weighted by molar-refractivity contribution is 5.79. The SMILES string of the molecule is Cc1n[nH]c(C)c1CC(=O)NCC1(O)CCCCC1. The van der Waals surface area contributed by atoms with E-state index >= 15 is 0 Å². The maximum atomic E-state index is 11.9. The van der Waals surface area contributed by atoms with Gasteiger partial charge in [0.25, 0.3) is 0 Å². The zero-order valence-corrected chi connectivity index (χ0v) is 11.8. The second-order valence-electron chi connectivity index (χ2n) is 5.65. The van der Waals surface area contributed by atoms with Gasteiger partial charge in [-0.1, -0.05) is 19.3 Å². The van der Waals surface area contributed by atoms with Crippen LogP contribution in [0.4, 0.5) is 0 Å². The number of nitrogens with one attached hydrogen (secondary N) is 2. The number of hydrogen-bond donors (Lipinski definition) is 3. The number of carbonyl (C=O) groups excluding carboxylic acids is 1. The number of nitrogens with zero attached hydrogens (tertiary/aromatic N) is 1. The first-order chi connectivity index (χ1) is 9.00. The van der Waals surface area contributed by atoms with Crippen LogP contribution in [0.25, 0.3) is 0 Å². The Morgan fingerprint density at radius 2 is 2.05 bits per heavy atom. The minimum absolute atomic E-state index is 0.0494. The van der Waals surface area contributed by atoms with Crippen LogP contribution in [0, 0.1) is 13.8 Å².